The molecule has 0 radical (unpaired) electrons. The standard InChI is InChI=1S/C18H26IN3O/c19-17-7-11-20(12-8-17)9-4-10-21-13-14-22(18(21)23)15-16-5-2-1-3-6-16/h1-3,5-6,17H,4,7-15H2. The van der Waals surface area contributed by atoms with E-state index in [1.807, 2.05) is 28.0 Å². The molecule has 2 aliphatic rings. The van der Waals surface area contributed by atoms with Crippen molar-refractivity contribution < 1.29 is 4.79 Å². The monoisotopic (exact) mass is 427 g/mol. The number of alkyl halides is 1. The van der Waals surface area contributed by atoms with Crippen LogP contribution in [-0.2, 0) is 6.54 Å². The van der Waals surface area contributed by atoms with E-state index in [1.165, 1.54) is 31.5 Å². The van der Waals surface area contributed by atoms with Crippen LogP contribution in [0.1, 0.15) is 24.8 Å². The molecule has 0 saturated carbocycles. The van der Waals surface area contributed by atoms with Crippen LogP contribution in [0.5, 0.6) is 0 Å². The van der Waals surface area contributed by atoms with Gasteiger partial charge in [-0.25, -0.2) is 4.79 Å². The van der Waals surface area contributed by atoms with Crippen LogP contribution in [-0.4, -0.2) is 63.9 Å². The Labute approximate surface area is 153 Å². The highest BCUT2D eigenvalue weighted by atomic mass is 127. The predicted octanol–water partition coefficient (Wildman–Crippen LogP) is 3.21. The van der Waals surface area contributed by atoms with Gasteiger partial charge in [-0.1, -0.05) is 52.9 Å². The quantitative estimate of drug-likeness (QED) is 0.515. The fraction of sp³-hybridized carbons (Fsp3) is 0.611. The number of likely N-dealkylation sites (tertiary alicyclic amines) is 1. The summed E-state index contributed by atoms with van der Waals surface area (Å²) >= 11 is 2.56. The zero-order valence-electron chi connectivity index (χ0n) is 13.7. The number of benzene rings is 1. The number of carbonyl (C=O) groups is 1. The largest absolute Gasteiger partial charge is 0.323 e. The van der Waals surface area contributed by atoms with Crippen molar-refractivity contribution in [2.45, 2.75) is 29.7 Å². The number of halogens is 1. The molecule has 0 bridgehead atoms. The summed E-state index contributed by atoms with van der Waals surface area (Å²) in [7, 11) is 0. The zero-order chi connectivity index (χ0) is 16.1. The molecule has 0 aliphatic carbocycles. The molecule has 0 atom stereocenters. The van der Waals surface area contributed by atoms with Gasteiger partial charge in [0.1, 0.15) is 0 Å². The van der Waals surface area contributed by atoms with Crippen LogP contribution in [0, 0.1) is 0 Å². The van der Waals surface area contributed by atoms with Crippen LogP contribution in [0.25, 0.3) is 0 Å². The summed E-state index contributed by atoms with van der Waals surface area (Å²) in [6.45, 7) is 6.94. The first-order valence-corrected chi connectivity index (χ1v) is 9.91. The van der Waals surface area contributed by atoms with Crippen molar-refractivity contribution in [2.75, 3.05) is 39.3 Å². The van der Waals surface area contributed by atoms with Crippen LogP contribution in [0.3, 0.4) is 0 Å². The first-order chi connectivity index (χ1) is 11.2. The van der Waals surface area contributed by atoms with E-state index in [0.717, 1.165) is 43.1 Å². The van der Waals surface area contributed by atoms with Crippen LogP contribution < -0.4 is 0 Å². The average molecular weight is 427 g/mol. The Morgan fingerprint density at radius 2 is 1.65 bits per heavy atom. The van der Waals surface area contributed by atoms with Gasteiger partial charge in [0.25, 0.3) is 0 Å². The van der Waals surface area contributed by atoms with Gasteiger partial charge in [-0.05, 0) is 44.5 Å². The van der Waals surface area contributed by atoms with E-state index >= 15 is 0 Å². The average Bonchev–Trinajstić information content (AvgIpc) is 2.91. The number of hydrogen-bond donors (Lipinski definition) is 0. The van der Waals surface area contributed by atoms with Crippen molar-refractivity contribution in [3.8, 4) is 0 Å². The van der Waals surface area contributed by atoms with Crippen LogP contribution in [0.15, 0.2) is 30.3 Å². The lowest BCUT2D eigenvalue weighted by atomic mass is 10.1. The van der Waals surface area contributed by atoms with Gasteiger partial charge in [0.05, 0.1) is 0 Å². The molecular formula is C18H26IN3O. The van der Waals surface area contributed by atoms with E-state index < -0.39 is 0 Å². The molecule has 2 heterocycles. The maximum atomic E-state index is 12.5. The number of rotatable bonds is 6. The minimum Gasteiger partial charge on any atom is -0.323 e. The highest BCUT2D eigenvalue weighted by molar-refractivity contribution is 14.1. The molecule has 4 nitrogen and oxygen atoms in total. The first kappa shape index (κ1) is 17.0. The predicted molar refractivity (Wildman–Crippen MR) is 102 cm³/mol. The van der Waals surface area contributed by atoms with Gasteiger partial charge < -0.3 is 14.7 Å². The minimum atomic E-state index is 0.208. The molecule has 1 aromatic rings. The van der Waals surface area contributed by atoms with E-state index in [4.69, 9.17) is 0 Å². The lowest BCUT2D eigenvalue weighted by Gasteiger charge is -2.29. The van der Waals surface area contributed by atoms with E-state index in [1.54, 1.807) is 0 Å². The Morgan fingerprint density at radius 3 is 2.39 bits per heavy atom. The summed E-state index contributed by atoms with van der Waals surface area (Å²) in [5.41, 5.74) is 1.21. The zero-order valence-corrected chi connectivity index (χ0v) is 15.8. The number of nitrogens with zero attached hydrogens (tertiary/aromatic N) is 3. The van der Waals surface area contributed by atoms with Gasteiger partial charge in [-0.2, -0.15) is 0 Å². The Balaban J connectivity index is 1.39. The number of amides is 2. The molecule has 2 amide bonds. The number of urea groups is 1. The second-order valence-electron chi connectivity index (χ2n) is 6.55. The fourth-order valence-corrected chi connectivity index (χ4v) is 3.96. The van der Waals surface area contributed by atoms with Crippen LogP contribution in [0.4, 0.5) is 4.79 Å². The molecule has 5 heteroatoms. The Bertz CT molecular complexity index is 502. The molecule has 1 aromatic carbocycles. The highest BCUT2D eigenvalue weighted by Crippen LogP contribution is 2.18. The summed E-state index contributed by atoms with van der Waals surface area (Å²) in [6, 6.07) is 10.5. The Kier molecular flexibility index (Phi) is 6.16. The third kappa shape index (κ3) is 4.83. The minimum absolute atomic E-state index is 0.208. The summed E-state index contributed by atoms with van der Waals surface area (Å²) in [4.78, 5) is 19.0. The number of piperidine rings is 1. The molecule has 0 aromatic heterocycles. The molecule has 2 saturated heterocycles. The van der Waals surface area contributed by atoms with Crippen molar-refractivity contribution in [3.63, 3.8) is 0 Å². The molecule has 0 spiro atoms. The molecule has 2 fully saturated rings. The maximum absolute atomic E-state index is 12.5. The summed E-state index contributed by atoms with van der Waals surface area (Å²) in [5, 5.41) is 0. The summed E-state index contributed by atoms with van der Waals surface area (Å²) < 4.78 is 0.857. The van der Waals surface area contributed by atoms with E-state index in [2.05, 4.69) is 39.6 Å². The van der Waals surface area contributed by atoms with Crippen molar-refractivity contribution in [1.82, 2.24) is 14.7 Å². The summed E-state index contributed by atoms with van der Waals surface area (Å²) in [5.74, 6) is 0. The van der Waals surface area contributed by atoms with Gasteiger partial charge in [-0.15, -0.1) is 0 Å². The second-order valence-corrected chi connectivity index (χ2v) is 8.31. The van der Waals surface area contributed by atoms with Crippen LogP contribution in [0.2, 0.25) is 0 Å². The Morgan fingerprint density at radius 1 is 0.957 bits per heavy atom. The number of hydrogen-bond acceptors (Lipinski definition) is 2. The molecular weight excluding hydrogens is 401 g/mol. The van der Waals surface area contributed by atoms with Gasteiger partial charge in [0.15, 0.2) is 0 Å². The van der Waals surface area contributed by atoms with Crippen molar-refractivity contribution >= 4 is 28.6 Å². The van der Waals surface area contributed by atoms with Crippen LogP contribution >= 0.6 is 22.6 Å². The highest BCUT2D eigenvalue weighted by Gasteiger charge is 2.28. The second kappa shape index (κ2) is 8.33. The maximum Gasteiger partial charge on any atom is 0.320 e. The fourth-order valence-electron chi connectivity index (χ4n) is 3.40. The molecule has 23 heavy (non-hydrogen) atoms. The normalized spacial score (nSPS) is 20.5. The smallest absolute Gasteiger partial charge is 0.320 e. The summed E-state index contributed by atoms with van der Waals surface area (Å²) in [6.07, 6.45) is 3.72. The van der Waals surface area contributed by atoms with E-state index in [-0.39, 0.29) is 6.03 Å². The van der Waals surface area contributed by atoms with Gasteiger partial charge >= 0.3 is 6.03 Å². The van der Waals surface area contributed by atoms with Crippen molar-refractivity contribution in [2.24, 2.45) is 0 Å². The van der Waals surface area contributed by atoms with Gasteiger partial charge in [-0.3, -0.25) is 0 Å². The molecule has 126 valence electrons. The van der Waals surface area contributed by atoms with Crippen molar-refractivity contribution in [1.29, 1.82) is 0 Å². The third-order valence-corrected chi connectivity index (χ3v) is 6.06. The molecule has 0 N–H and O–H groups in total. The lowest BCUT2D eigenvalue weighted by Crippen LogP contribution is -2.37. The number of carbonyl (C=O) groups excluding carboxylic acids is 1. The topological polar surface area (TPSA) is 26.8 Å². The molecule has 3 rings (SSSR count). The van der Waals surface area contributed by atoms with Gasteiger partial charge in [0.2, 0.25) is 0 Å². The third-order valence-electron chi connectivity index (χ3n) is 4.82. The molecule has 0 unspecified atom stereocenters. The lowest BCUT2D eigenvalue weighted by molar-refractivity contribution is 0.184. The van der Waals surface area contributed by atoms with E-state index in [0.29, 0.717) is 0 Å². The molecule has 2 aliphatic heterocycles. The van der Waals surface area contributed by atoms with E-state index in [9.17, 15) is 4.79 Å². The van der Waals surface area contributed by atoms with Crippen molar-refractivity contribution in [3.05, 3.63) is 35.9 Å². The Hall–Kier alpha value is -0.820. The van der Waals surface area contributed by atoms with Gasteiger partial charge in [0, 0.05) is 30.1 Å². The SMILES string of the molecule is O=C1N(CCCN2CCC(I)CC2)CCN1Cc1ccccc1. The first-order valence-electron chi connectivity index (χ1n) is 8.66.